The van der Waals surface area contributed by atoms with Gasteiger partial charge < -0.3 is 20.1 Å². The Morgan fingerprint density at radius 1 is 1.10 bits per heavy atom. The Kier molecular flexibility index (Phi) is 6.95. The molecule has 154 valence electrons. The van der Waals surface area contributed by atoms with E-state index in [1.807, 2.05) is 24.1 Å². The summed E-state index contributed by atoms with van der Waals surface area (Å²) >= 11 is 6.28. The highest BCUT2D eigenvalue weighted by Crippen LogP contribution is 2.37. The van der Waals surface area contributed by atoms with Crippen LogP contribution in [-0.2, 0) is 11.3 Å². The molecule has 29 heavy (non-hydrogen) atoms. The zero-order valence-corrected chi connectivity index (χ0v) is 17.2. The van der Waals surface area contributed by atoms with Gasteiger partial charge in [-0.25, -0.2) is 0 Å². The lowest BCUT2D eigenvalue weighted by Crippen LogP contribution is -2.30. The van der Waals surface area contributed by atoms with Crippen LogP contribution in [0, 0.1) is 0 Å². The van der Waals surface area contributed by atoms with Crippen LogP contribution in [0.3, 0.4) is 0 Å². The molecule has 1 heterocycles. The third kappa shape index (κ3) is 5.62. The molecule has 0 saturated heterocycles. The lowest BCUT2D eigenvalue weighted by molar-refractivity contribution is -0.117. The van der Waals surface area contributed by atoms with Gasteiger partial charge in [-0.05, 0) is 24.7 Å². The average molecular weight is 418 g/mol. The molecule has 1 aliphatic heterocycles. The lowest BCUT2D eigenvalue weighted by Gasteiger charge is -2.17. The van der Waals surface area contributed by atoms with Gasteiger partial charge in [0.1, 0.15) is 0 Å². The lowest BCUT2D eigenvalue weighted by atomic mass is 10.1. The third-order valence-electron chi connectivity index (χ3n) is 4.42. The molecule has 7 nitrogen and oxygen atoms in total. The molecule has 0 bridgehead atoms. The van der Waals surface area contributed by atoms with Gasteiger partial charge in [-0.3, -0.25) is 14.5 Å². The summed E-state index contributed by atoms with van der Waals surface area (Å²) in [6, 6.07) is 10.6. The SMILES string of the molecule is CNC(=O)c1ccc(CN(C)CC(=O)Nc2cc3c(cc2Cl)OCCCO3)cc1. The minimum atomic E-state index is -0.189. The Labute approximate surface area is 174 Å². The summed E-state index contributed by atoms with van der Waals surface area (Å²) in [4.78, 5) is 25.9. The largest absolute Gasteiger partial charge is 0.490 e. The maximum atomic E-state index is 12.4. The van der Waals surface area contributed by atoms with Gasteiger partial charge >= 0.3 is 0 Å². The number of likely N-dealkylation sites (N-methyl/N-ethyl adjacent to an activating group) is 1. The van der Waals surface area contributed by atoms with E-state index in [1.165, 1.54) is 0 Å². The Hall–Kier alpha value is -2.77. The van der Waals surface area contributed by atoms with Crippen LogP contribution in [0.2, 0.25) is 5.02 Å². The van der Waals surface area contributed by atoms with Gasteiger partial charge in [-0.15, -0.1) is 0 Å². The number of nitrogens with zero attached hydrogens (tertiary/aromatic N) is 1. The first kappa shape index (κ1) is 21.0. The van der Waals surface area contributed by atoms with E-state index < -0.39 is 0 Å². The zero-order chi connectivity index (χ0) is 20.8. The van der Waals surface area contributed by atoms with Crippen molar-refractivity contribution in [3.63, 3.8) is 0 Å². The van der Waals surface area contributed by atoms with Gasteiger partial charge in [0.05, 0.1) is 30.5 Å². The summed E-state index contributed by atoms with van der Waals surface area (Å²) in [5, 5.41) is 5.81. The predicted octanol–water partition coefficient (Wildman–Crippen LogP) is 2.93. The number of nitrogens with one attached hydrogen (secondary N) is 2. The molecule has 0 saturated carbocycles. The fraction of sp³-hybridized carbons (Fsp3) is 0.333. The van der Waals surface area contributed by atoms with Crippen molar-refractivity contribution in [2.75, 3.05) is 39.2 Å². The van der Waals surface area contributed by atoms with Gasteiger partial charge in [-0.1, -0.05) is 23.7 Å². The molecule has 2 aromatic rings. The van der Waals surface area contributed by atoms with E-state index in [0.717, 1.165) is 12.0 Å². The number of carbonyl (C=O) groups excluding carboxylic acids is 2. The first-order valence-electron chi connectivity index (χ1n) is 9.35. The molecule has 0 aliphatic carbocycles. The number of anilines is 1. The Morgan fingerprint density at radius 2 is 1.76 bits per heavy atom. The van der Waals surface area contributed by atoms with Crippen molar-refractivity contribution in [1.29, 1.82) is 0 Å². The molecule has 1 aliphatic rings. The van der Waals surface area contributed by atoms with Crippen LogP contribution in [0.5, 0.6) is 11.5 Å². The Morgan fingerprint density at radius 3 is 2.41 bits per heavy atom. The number of halogens is 1. The molecule has 0 atom stereocenters. The van der Waals surface area contributed by atoms with Crippen molar-refractivity contribution in [2.45, 2.75) is 13.0 Å². The average Bonchev–Trinajstić information content (AvgIpc) is 2.93. The number of hydrogen-bond donors (Lipinski definition) is 2. The second-order valence-corrected chi connectivity index (χ2v) is 7.23. The molecule has 0 unspecified atom stereocenters. The van der Waals surface area contributed by atoms with Gasteiger partial charge in [0.2, 0.25) is 5.91 Å². The molecule has 0 radical (unpaired) electrons. The van der Waals surface area contributed by atoms with Crippen molar-refractivity contribution >= 4 is 29.1 Å². The molecule has 0 spiro atoms. The molecular weight excluding hydrogens is 394 g/mol. The van der Waals surface area contributed by atoms with Crippen LogP contribution in [0.1, 0.15) is 22.3 Å². The van der Waals surface area contributed by atoms with E-state index in [4.69, 9.17) is 21.1 Å². The normalized spacial score (nSPS) is 13.0. The van der Waals surface area contributed by atoms with E-state index >= 15 is 0 Å². The molecule has 3 rings (SSSR count). The molecular formula is C21H24ClN3O4. The molecule has 0 aromatic heterocycles. The smallest absolute Gasteiger partial charge is 0.251 e. The van der Waals surface area contributed by atoms with Crippen LogP contribution in [0.15, 0.2) is 36.4 Å². The summed E-state index contributed by atoms with van der Waals surface area (Å²) in [6.45, 7) is 1.88. The van der Waals surface area contributed by atoms with Crippen molar-refractivity contribution in [3.05, 3.63) is 52.5 Å². The van der Waals surface area contributed by atoms with Crippen LogP contribution < -0.4 is 20.1 Å². The van der Waals surface area contributed by atoms with E-state index in [-0.39, 0.29) is 18.4 Å². The minimum absolute atomic E-state index is 0.128. The summed E-state index contributed by atoms with van der Waals surface area (Å²) in [7, 11) is 3.44. The highest BCUT2D eigenvalue weighted by Gasteiger charge is 2.16. The van der Waals surface area contributed by atoms with E-state index in [0.29, 0.717) is 47.5 Å². The highest BCUT2D eigenvalue weighted by molar-refractivity contribution is 6.34. The fourth-order valence-electron chi connectivity index (χ4n) is 2.99. The maximum absolute atomic E-state index is 12.4. The van der Waals surface area contributed by atoms with E-state index in [1.54, 1.807) is 31.3 Å². The second-order valence-electron chi connectivity index (χ2n) is 6.83. The number of carbonyl (C=O) groups is 2. The van der Waals surface area contributed by atoms with E-state index in [2.05, 4.69) is 10.6 Å². The topological polar surface area (TPSA) is 79.9 Å². The second kappa shape index (κ2) is 9.62. The number of benzene rings is 2. The van der Waals surface area contributed by atoms with Crippen molar-refractivity contribution in [3.8, 4) is 11.5 Å². The molecule has 8 heteroatoms. The number of ether oxygens (including phenoxy) is 2. The van der Waals surface area contributed by atoms with Crippen LogP contribution in [-0.4, -0.2) is 50.6 Å². The van der Waals surface area contributed by atoms with Gasteiger partial charge in [0.25, 0.3) is 5.91 Å². The highest BCUT2D eigenvalue weighted by atomic mass is 35.5. The number of hydrogen-bond acceptors (Lipinski definition) is 5. The van der Waals surface area contributed by atoms with E-state index in [9.17, 15) is 9.59 Å². The molecule has 2 N–H and O–H groups in total. The van der Waals surface area contributed by atoms with Gasteiger partial charge in [0, 0.05) is 37.7 Å². The van der Waals surface area contributed by atoms with Crippen molar-refractivity contribution in [2.24, 2.45) is 0 Å². The van der Waals surface area contributed by atoms with Crippen molar-refractivity contribution < 1.29 is 19.1 Å². The first-order chi connectivity index (χ1) is 14.0. The standard InChI is InChI=1S/C21H24ClN3O4/c1-23-21(27)15-6-4-14(5-7-15)12-25(2)13-20(26)24-17-11-19-18(10-16(17)22)28-8-3-9-29-19/h4-7,10-11H,3,8-9,12-13H2,1-2H3,(H,23,27)(H,24,26). The first-order valence-corrected chi connectivity index (χ1v) is 9.72. The van der Waals surface area contributed by atoms with Crippen LogP contribution in [0.25, 0.3) is 0 Å². The quantitative estimate of drug-likeness (QED) is 0.755. The number of fused-ring (bicyclic) bond motifs is 1. The van der Waals surface area contributed by atoms with Crippen molar-refractivity contribution in [1.82, 2.24) is 10.2 Å². The number of rotatable bonds is 6. The minimum Gasteiger partial charge on any atom is -0.490 e. The van der Waals surface area contributed by atoms with Gasteiger partial charge in [-0.2, -0.15) is 0 Å². The predicted molar refractivity (Wildman–Crippen MR) is 112 cm³/mol. The van der Waals surface area contributed by atoms with Crippen LogP contribution in [0.4, 0.5) is 5.69 Å². The maximum Gasteiger partial charge on any atom is 0.251 e. The Balaban J connectivity index is 1.57. The molecule has 2 aromatic carbocycles. The Bertz CT molecular complexity index is 886. The fourth-order valence-corrected chi connectivity index (χ4v) is 3.19. The monoisotopic (exact) mass is 417 g/mol. The summed E-state index contributed by atoms with van der Waals surface area (Å²) < 4.78 is 11.2. The third-order valence-corrected chi connectivity index (χ3v) is 4.73. The summed E-state index contributed by atoms with van der Waals surface area (Å²) in [6.07, 6.45) is 0.795. The molecule has 2 amide bonds. The van der Waals surface area contributed by atoms with Crippen LogP contribution >= 0.6 is 11.6 Å². The summed E-state index contributed by atoms with van der Waals surface area (Å²) in [5.74, 6) is 0.844. The zero-order valence-electron chi connectivity index (χ0n) is 16.5. The number of amides is 2. The van der Waals surface area contributed by atoms with Gasteiger partial charge in [0.15, 0.2) is 11.5 Å². The summed E-state index contributed by atoms with van der Waals surface area (Å²) in [5.41, 5.74) is 2.09. The molecule has 0 fully saturated rings.